The van der Waals surface area contributed by atoms with Crippen LogP contribution in [0.1, 0.15) is 22.7 Å². The number of likely N-dealkylation sites (N-methyl/N-ethyl adjacent to an activating group) is 1. The summed E-state index contributed by atoms with van der Waals surface area (Å²) >= 11 is 0. The molecule has 3 aromatic carbocycles. The molecule has 25 heavy (non-hydrogen) atoms. The maximum absolute atomic E-state index is 13.0. The SMILES string of the molecule is CN(C)[C@@H](C(=O)Nc1ccc2c3c(cccc13)CC2)c1ccccc1. The van der Waals surface area contributed by atoms with Gasteiger partial charge in [-0.1, -0.05) is 54.6 Å². The summed E-state index contributed by atoms with van der Waals surface area (Å²) < 4.78 is 0. The molecule has 0 bridgehead atoms. The summed E-state index contributed by atoms with van der Waals surface area (Å²) in [5.41, 5.74) is 4.66. The summed E-state index contributed by atoms with van der Waals surface area (Å²) in [7, 11) is 3.87. The van der Waals surface area contributed by atoms with E-state index >= 15 is 0 Å². The highest BCUT2D eigenvalue weighted by Crippen LogP contribution is 2.35. The minimum Gasteiger partial charge on any atom is -0.324 e. The average Bonchev–Trinajstić information content (AvgIpc) is 3.03. The molecule has 0 fully saturated rings. The van der Waals surface area contributed by atoms with Crippen molar-refractivity contribution in [2.75, 3.05) is 19.4 Å². The lowest BCUT2D eigenvalue weighted by atomic mass is 10.0. The molecule has 0 heterocycles. The Bertz CT molecular complexity index is 921. The molecule has 0 radical (unpaired) electrons. The number of carbonyl (C=O) groups excluding carboxylic acids is 1. The van der Waals surface area contributed by atoms with Crippen molar-refractivity contribution in [1.82, 2.24) is 4.90 Å². The van der Waals surface area contributed by atoms with Gasteiger partial charge in [-0.3, -0.25) is 9.69 Å². The molecule has 0 unspecified atom stereocenters. The molecule has 1 N–H and O–H groups in total. The molecule has 1 aliphatic carbocycles. The van der Waals surface area contributed by atoms with Crippen molar-refractivity contribution in [1.29, 1.82) is 0 Å². The summed E-state index contributed by atoms with van der Waals surface area (Å²) in [5.74, 6) is -0.00472. The molecular weight excluding hydrogens is 308 g/mol. The van der Waals surface area contributed by atoms with E-state index in [-0.39, 0.29) is 11.9 Å². The molecular formula is C22H22N2O. The maximum Gasteiger partial charge on any atom is 0.246 e. The number of nitrogens with zero attached hydrogens (tertiary/aromatic N) is 1. The van der Waals surface area contributed by atoms with Gasteiger partial charge >= 0.3 is 0 Å². The van der Waals surface area contributed by atoms with Gasteiger partial charge in [0.2, 0.25) is 5.91 Å². The fourth-order valence-electron chi connectivity index (χ4n) is 3.88. The summed E-state index contributed by atoms with van der Waals surface area (Å²) in [6, 6.07) is 20.2. The quantitative estimate of drug-likeness (QED) is 0.778. The second-order valence-electron chi connectivity index (χ2n) is 6.88. The first-order valence-corrected chi connectivity index (χ1v) is 8.71. The number of hydrogen-bond donors (Lipinski definition) is 1. The van der Waals surface area contributed by atoms with E-state index in [0.717, 1.165) is 29.5 Å². The van der Waals surface area contributed by atoms with Gasteiger partial charge in [-0.25, -0.2) is 0 Å². The highest BCUT2D eigenvalue weighted by atomic mass is 16.2. The fraction of sp³-hybridized carbons (Fsp3) is 0.227. The van der Waals surface area contributed by atoms with Crippen molar-refractivity contribution >= 4 is 22.4 Å². The fourth-order valence-corrected chi connectivity index (χ4v) is 3.88. The molecule has 1 aliphatic rings. The molecule has 0 saturated heterocycles. The van der Waals surface area contributed by atoms with Gasteiger partial charge in [0.05, 0.1) is 0 Å². The molecule has 3 nitrogen and oxygen atoms in total. The minimum absolute atomic E-state index is 0.00472. The standard InChI is InChI=1S/C22H22N2O/c1-24(2)21(17-7-4-3-5-8-17)22(25)23-19-14-13-16-12-11-15-9-6-10-18(19)20(15)16/h3-10,13-14,21H,11-12H2,1-2H3,(H,23,25)/t21-/m1/s1. The van der Waals surface area contributed by atoms with Crippen LogP contribution >= 0.6 is 0 Å². The number of rotatable bonds is 4. The topological polar surface area (TPSA) is 32.3 Å². The van der Waals surface area contributed by atoms with Gasteiger partial charge in [0.25, 0.3) is 0 Å². The van der Waals surface area contributed by atoms with Crippen LogP contribution in [-0.4, -0.2) is 24.9 Å². The molecule has 1 atom stereocenters. The van der Waals surface area contributed by atoms with Gasteiger partial charge in [0.15, 0.2) is 0 Å². The number of aryl methyl sites for hydroxylation is 2. The maximum atomic E-state index is 13.0. The molecule has 0 aliphatic heterocycles. The van der Waals surface area contributed by atoms with Crippen molar-refractivity contribution in [3.63, 3.8) is 0 Å². The Hall–Kier alpha value is -2.65. The second-order valence-corrected chi connectivity index (χ2v) is 6.88. The van der Waals surface area contributed by atoms with E-state index in [1.807, 2.05) is 55.4 Å². The Balaban J connectivity index is 1.70. The third kappa shape index (κ3) is 2.81. The molecule has 3 aromatic rings. The molecule has 1 amide bonds. The molecule has 0 spiro atoms. The van der Waals surface area contributed by atoms with Crippen molar-refractivity contribution in [3.05, 3.63) is 77.4 Å². The first-order chi connectivity index (χ1) is 12.1. The zero-order valence-electron chi connectivity index (χ0n) is 14.6. The summed E-state index contributed by atoms with van der Waals surface area (Å²) in [6.45, 7) is 0. The predicted octanol–water partition coefficient (Wildman–Crippen LogP) is 4.18. The van der Waals surface area contributed by atoms with Gasteiger partial charge in [-0.05, 0) is 55.1 Å². The van der Waals surface area contributed by atoms with Crippen LogP contribution in [0.5, 0.6) is 0 Å². The molecule has 0 aromatic heterocycles. The molecule has 4 rings (SSSR count). The monoisotopic (exact) mass is 330 g/mol. The highest BCUT2D eigenvalue weighted by Gasteiger charge is 2.24. The Morgan fingerprint density at radius 2 is 1.64 bits per heavy atom. The Morgan fingerprint density at radius 1 is 0.920 bits per heavy atom. The Kier molecular flexibility index (Phi) is 4.02. The van der Waals surface area contributed by atoms with Crippen LogP contribution in [0.15, 0.2) is 60.7 Å². The van der Waals surface area contributed by atoms with Crippen molar-refractivity contribution in [3.8, 4) is 0 Å². The van der Waals surface area contributed by atoms with Crippen LogP contribution < -0.4 is 5.32 Å². The first kappa shape index (κ1) is 15.9. The highest BCUT2D eigenvalue weighted by molar-refractivity contribution is 6.06. The van der Waals surface area contributed by atoms with E-state index < -0.39 is 0 Å². The van der Waals surface area contributed by atoms with Gasteiger partial charge in [0.1, 0.15) is 6.04 Å². The van der Waals surface area contributed by atoms with E-state index in [1.165, 1.54) is 16.5 Å². The number of nitrogens with one attached hydrogen (secondary N) is 1. The zero-order chi connectivity index (χ0) is 17.4. The van der Waals surface area contributed by atoms with E-state index in [1.54, 1.807) is 0 Å². The van der Waals surface area contributed by atoms with Crippen molar-refractivity contribution in [2.45, 2.75) is 18.9 Å². The number of carbonyl (C=O) groups is 1. The van der Waals surface area contributed by atoms with Crippen LogP contribution in [0.3, 0.4) is 0 Å². The van der Waals surface area contributed by atoms with Gasteiger partial charge in [-0.15, -0.1) is 0 Å². The zero-order valence-corrected chi connectivity index (χ0v) is 14.6. The Labute approximate surface area is 148 Å². The number of hydrogen-bond acceptors (Lipinski definition) is 2. The van der Waals surface area contributed by atoms with E-state index in [4.69, 9.17) is 0 Å². The summed E-state index contributed by atoms with van der Waals surface area (Å²) in [4.78, 5) is 15.0. The first-order valence-electron chi connectivity index (χ1n) is 8.71. The molecule has 0 saturated carbocycles. The smallest absolute Gasteiger partial charge is 0.246 e. The van der Waals surface area contributed by atoms with Crippen LogP contribution in [0.4, 0.5) is 5.69 Å². The lowest BCUT2D eigenvalue weighted by molar-refractivity contribution is -0.120. The third-order valence-electron chi connectivity index (χ3n) is 5.01. The van der Waals surface area contributed by atoms with E-state index in [0.29, 0.717) is 0 Å². The van der Waals surface area contributed by atoms with Crippen LogP contribution in [-0.2, 0) is 17.6 Å². The normalized spacial score (nSPS) is 14.0. The second kappa shape index (κ2) is 6.34. The number of amides is 1. The Morgan fingerprint density at radius 3 is 2.36 bits per heavy atom. The lowest BCUT2D eigenvalue weighted by Crippen LogP contribution is -2.32. The van der Waals surface area contributed by atoms with Gasteiger partial charge < -0.3 is 5.32 Å². The van der Waals surface area contributed by atoms with E-state index in [2.05, 4.69) is 29.6 Å². The van der Waals surface area contributed by atoms with E-state index in [9.17, 15) is 4.79 Å². The summed E-state index contributed by atoms with van der Waals surface area (Å²) in [5, 5.41) is 5.63. The summed E-state index contributed by atoms with van der Waals surface area (Å²) in [6.07, 6.45) is 2.18. The average molecular weight is 330 g/mol. The minimum atomic E-state index is -0.316. The number of anilines is 1. The van der Waals surface area contributed by atoms with Crippen molar-refractivity contribution < 1.29 is 4.79 Å². The van der Waals surface area contributed by atoms with Gasteiger partial charge in [0, 0.05) is 11.1 Å². The van der Waals surface area contributed by atoms with Crippen molar-refractivity contribution in [2.24, 2.45) is 0 Å². The molecule has 126 valence electrons. The van der Waals surface area contributed by atoms with Crippen LogP contribution in [0.25, 0.3) is 10.8 Å². The largest absolute Gasteiger partial charge is 0.324 e. The lowest BCUT2D eigenvalue weighted by Gasteiger charge is -2.24. The van der Waals surface area contributed by atoms with Gasteiger partial charge in [-0.2, -0.15) is 0 Å². The predicted molar refractivity (Wildman–Crippen MR) is 103 cm³/mol. The third-order valence-corrected chi connectivity index (χ3v) is 5.01. The number of benzene rings is 3. The molecule has 3 heteroatoms. The van der Waals surface area contributed by atoms with Crippen LogP contribution in [0.2, 0.25) is 0 Å². The van der Waals surface area contributed by atoms with Crippen LogP contribution in [0, 0.1) is 0 Å².